The van der Waals surface area contributed by atoms with Crippen LogP contribution in [0.1, 0.15) is 19.4 Å². The van der Waals surface area contributed by atoms with E-state index in [1.165, 1.54) is 0 Å². The van der Waals surface area contributed by atoms with E-state index >= 15 is 0 Å². The van der Waals surface area contributed by atoms with E-state index in [1.807, 2.05) is 13.8 Å². The summed E-state index contributed by atoms with van der Waals surface area (Å²) >= 11 is 4.12. The number of hydrogen-bond acceptors (Lipinski definition) is 5. The number of aliphatic carboxylic acids is 1. The Bertz CT molecular complexity index is 701. The Kier molecular flexibility index (Phi) is 5.48. The van der Waals surface area contributed by atoms with Crippen LogP contribution in [-0.4, -0.2) is 39.8 Å². The van der Waals surface area contributed by atoms with Gasteiger partial charge in [-0.05, 0) is 65.3 Å². The maximum atomic E-state index is 12.1. The Morgan fingerprint density at radius 3 is 2.70 bits per heavy atom. The van der Waals surface area contributed by atoms with Crippen LogP contribution in [0.4, 0.5) is 4.79 Å². The predicted molar refractivity (Wildman–Crippen MR) is 90.2 cm³/mol. The van der Waals surface area contributed by atoms with E-state index in [0.717, 1.165) is 16.2 Å². The molecule has 2 rings (SSSR count). The Morgan fingerprint density at radius 2 is 2.13 bits per heavy atom. The molecule has 6 nitrogen and oxygen atoms in total. The third kappa shape index (κ3) is 4.35. The highest BCUT2D eigenvalue weighted by atomic mass is 79.9. The molecule has 1 heterocycles. The van der Waals surface area contributed by atoms with E-state index in [-0.39, 0.29) is 11.0 Å². The van der Waals surface area contributed by atoms with Gasteiger partial charge in [-0.2, -0.15) is 0 Å². The van der Waals surface area contributed by atoms with Crippen LogP contribution in [0.3, 0.4) is 0 Å². The predicted octanol–water partition coefficient (Wildman–Crippen LogP) is 3.36. The van der Waals surface area contributed by atoms with Crippen LogP contribution in [0.25, 0.3) is 6.08 Å². The summed E-state index contributed by atoms with van der Waals surface area (Å²) in [7, 11) is 0. The molecule has 122 valence electrons. The van der Waals surface area contributed by atoms with E-state index in [4.69, 9.17) is 9.84 Å². The van der Waals surface area contributed by atoms with Gasteiger partial charge in [0.05, 0.1) is 15.5 Å². The first-order chi connectivity index (χ1) is 10.8. The summed E-state index contributed by atoms with van der Waals surface area (Å²) in [4.78, 5) is 35.4. The maximum absolute atomic E-state index is 12.1. The Labute approximate surface area is 145 Å². The van der Waals surface area contributed by atoms with Crippen LogP contribution in [0.2, 0.25) is 0 Å². The molecule has 1 aromatic carbocycles. The molecule has 0 spiro atoms. The average molecular weight is 400 g/mol. The first kappa shape index (κ1) is 17.6. The van der Waals surface area contributed by atoms with Crippen LogP contribution >= 0.6 is 27.7 Å². The summed E-state index contributed by atoms with van der Waals surface area (Å²) in [6.07, 6.45) is 1.58. The lowest BCUT2D eigenvalue weighted by atomic mass is 10.2. The molecule has 1 aliphatic rings. The Hall–Kier alpha value is -1.80. The van der Waals surface area contributed by atoms with Crippen molar-refractivity contribution in [1.29, 1.82) is 0 Å². The lowest BCUT2D eigenvalue weighted by Crippen LogP contribution is -2.33. The van der Waals surface area contributed by atoms with Gasteiger partial charge in [-0.15, -0.1) is 0 Å². The highest BCUT2D eigenvalue weighted by Gasteiger charge is 2.36. The smallest absolute Gasteiger partial charge is 0.323 e. The number of benzene rings is 1. The van der Waals surface area contributed by atoms with Crippen molar-refractivity contribution < 1.29 is 24.2 Å². The first-order valence-electron chi connectivity index (χ1n) is 6.71. The molecule has 0 saturated carbocycles. The number of carbonyl (C=O) groups is 3. The topological polar surface area (TPSA) is 83.9 Å². The van der Waals surface area contributed by atoms with E-state index in [2.05, 4.69) is 15.9 Å². The van der Waals surface area contributed by atoms with E-state index < -0.39 is 23.7 Å². The van der Waals surface area contributed by atoms with Gasteiger partial charge >= 0.3 is 5.97 Å². The van der Waals surface area contributed by atoms with Crippen molar-refractivity contribution in [3.8, 4) is 5.75 Å². The number of thioether (sulfide) groups is 1. The number of halogens is 1. The Morgan fingerprint density at radius 1 is 1.43 bits per heavy atom. The number of rotatable bonds is 5. The molecule has 0 aliphatic carbocycles. The zero-order chi connectivity index (χ0) is 17.1. The molecule has 8 heteroatoms. The average Bonchev–Trinajstić information content (AvgIpc) is 2.69. The summed E-state index contributed by atoms with van der Waals surface area (Å²) in [6.45, 7) is 3.20. The fraction of sp³-hybridized carbons (Fsp3) is 0.267. The molecule has 2 amide bonds. The molecule has 1 aromatic rings. The van der Waals surface area contributed by atoms with Gasteiger partial charge < -0.3 is 9.84 Å². The van der Waals surface area contributed by atoms with Crippen molar-refractivity contribution in [3.63, 3.8) is 0 Å². The number of hydrogen-bond donors (Lipinski definition) is 1. The molecule has 1 N–H and O–H groups in total. The summed E-state index contributed by atoms with van der Waals surface area (Å²) in [5.41, 5.74) is 0.703. The van der Waals surface area contributed by atoms with Gasteiger partial charge in [0.2, 0.25) is 0 Å². The lowest BCUT2D eigenvalue weighted by Gasteiger charge is -2.11. The fourth-order valence-corrected chi connectivity index (χ4v) is 3.21. The van der Waals surface area contributed by atoms with Gasteiger partial charge in [0.25, 0.3) is 11.1 Å². The molecule has 0 unspecified atom stereocenters. The molecule has 0 atom stereocenters. The highest BCUT2D eigenvalue weighted by molar-refractivity contribution is 9.10. The third-order valence-electron chi connectivity index (χ3n) is 2.78. The Balaban J connectivity index is 2.22. The van der Waals surface area contributed by atoms with Gasteiger partial charge in [-0.25, -0.2) is 0 Å². The lowest BCUT2D eigenvalue weighted by molar-refractivity contribution is -0.140. The summed E-state index contributed by atoms with van der Waals surface area (Å²) in [5.74, 6) is -1.15. The largest absolute Gasteiger partial charge is 0.490 e. The van der Waals surface area contributed by atoms with Crippen molar-refractivity contribution in [2.75, 3.05) is 6.54 Å². The minimum Gasteiger partial charge on any atom is -0.490 e. The van der Waals surface area contributed by atoms with Gasteiger partial charge in [0, 0.05) is 0 Å². The molecule has 1 aliphatic heterocycles. The van der Waals surface area contributed by atoms with Gasteiger partial charge in [0.15, 0.2) is 0 Å². The van der Waals surface area contributed by atoms with Crippen molar-refractivity contribution in [3.05, 3.63) is 33.1 Å². The second-order valence-corrected chi connectivity index (χ2v) is 6.87. The van der Waals surface area contributed by atoms with E-state index in [0.29, 0.717) is 16.2 Å². The maximum Gasteiger partial charge on any atom is 0.323 e. The van der Waals surface area contributed by atoms with E-state index in [9.17, 15) is 14.4 Å². The molecule has 1 saturated heterocycles. The minimum absolute atomic E-state index is 0.0321. The van der Waals surface area contributed by atoms with Gasteiger partial charge in [-0.3, -0.25) is 19.3 Å². The monoisotopic (exact) mass is 399 g/mol. The molecule has 1 fully saturated rings. The molecular weight excluding hydrogens is 386 g/mol. The summed E-state index contributed by atoms with van der Waals surface area (Å²) in [5, 5.41) is 8.15. The minimum atomic E-state index is -1.23. The molecule has 0 radical (unpaired) electrons. The molecular formula is C15H14BrNO5S. The van der Waals surface area contributed by atoms with Crippen LogP contribution < -0.4 is 4.74 Å². The molecule has 0 bridgehead atoms. The van der Waals surface area contributed by atoms with Gasteiger partial charge in [0.1, 0.15) is 12.3 Å². The normalized spacial score (nSPS) is 16.5. The van der Waals surface area contributed by atoms with Crippen molar-refractivity contribution in [2.45, 2.75) is 20.0 Å². The van der Waals surface area contributed by atoms with Gasteiger partial charge in [-0.1, -0.05) is 6.07 Å². The number of carboxylic acid groups (broad SMARTS) is 1. The van der Waals surface area contributed by atoms with Crippen molar-refractivity contribution in [1.82, 2.24) is 4.90 Å². The standard InChI is InChI=1S/C15H14BrNO5S/c1-8(2)22-11-4-3-9(5-10(11)16)6-12-14(20)17(7-13(18)19)15(21)23-12/h3-6,8H,7H2,1-2H3,(H,18,19)/b12-6+. The van der Waals surface area contributed by atoms with Crippen molar-refractivity contribution in [2.24, 2.45) is 0 Å². The zero-order valence-electron chi connectivity index (χ0n) is 12.4. The summed E-state index contributed by atoms with van der Waals surface area (Å²) < 4.78 is 6.33. The number of carbonyl (C=O) groups excluding carboxylic acids is 2. The number of nitrogens with zero attached hydrogens (tertiary/aromatic N) is 1. The SMILES string of the molecule is CC(C)Oc1ccc(/C=C2/SC(=O)N(CC(=O)O)C2=O)cc1Br. The number of ether oxygens (including phenoxy) is 1. The second-order valence-electron chi connectivity index (χ2n) is 5.02. The molecule has 23 heavy (non-hydrogen) atoms. The fourth-order valence-electron chi connectivity index (χ4n) is 1.88. The van der Waals surface area contributed by atoms with Crippen LogP contribution in [0.15, 0.2) is 27.6 Å². The number of amides is 2. The second kappa shape index (κ2) is 7.18. The highest BCUT2D eigenvalue weighted by Crippen LogP contribution is 2.33. The van der Waals surface area contributed by atoms with Crippen LogP contribution in [0.5, 0.6) is 5.75 Å². The third-order valence-corrected chi connectivity index (χ3v) is 4.31. The van der Waals surface area contributed by atoms with E-state index in [1.54, 1.807) is 24.3 Å². The van der Waals surface area contributed by atoms with Crippen molar-refractivity contribution >= 4 is 50.9 Å². The number of imide groups is 1. The summed E-state index contributed by atoms with van der Waals surface area (Å²) in [6, 6.07) is 5.29. The zero-order valence-corrected chi connectivity index (χ0v) is 14.8. The van der Waals surface area contributed by atoms with Crippen LogP contribution in [-0.2, 0) is 9.59 Å². The van der Waals surface area contributed by atoms with Crippen LogP contribution in [0, 0.1) is 0 Å². The molecule has 0 aromatic heterocycles. The first-order valence-corrected chi connectivity index (χ1v) is 8.32. The quantitative estimate of drug-likeness (QED) is 0.764. The number of carboxylic acids is 1.